The molecule has 0 atom stereocenters. The number of nitrogens with one attached hydrogen (secondary N) is 1. The molecule has 0 fully saturated rings. The van der Waals surface area contributed by atoms with E-state index >= 15 is 0 Å². The minimum absolute atomic E-state index is 0. The van der Waals surface area contributed by atoms with Crippen molar-refractivity contribution in [3.8, 4) is 23.3 Å². The first kappa shape index (κ1) is 47.2. The van der Waals surface area contributed by atoms with E-state index in [9.17, 15) is 52.7 Å². The number of aryl methyl sites for hydroxylation is 2. The van der Waals surface area contributed by atoms with E-state index in [0.29, 0.717) is 17.2 Å². The van der Waals surface area contributed by atoms with Crippen LogP contribution in [0.2, 0.25) is 0 Å². The summed E-state index contributed by atoms with van der Waals surface area (Å²) in [6.45, 7) is 6.73. The summed E-state index contributed by atoms with van der Waals surface area (Å²) in [7, 11) is 1.61. The van der Waals surface area contributed by atoms with E-state index in [1.165, 1.54) is 29.8 Å². The Morgan fingerprint density at radius 3 is 1.58 bits per heavy atom. The zero-order valence-corrected chi connectivity index (χ0v) is 35.0. The summed E-state index contributed by atoms with van der Waals surface area (Å²) < 4.78 is 165. The summed E-state index contributed by atoms with van der Waals surface area (Å²) in [5, 5.41) is 2.80. The predicted molar refractivity (Wildman–Crippen MR) is 203 cm³/mol. The third-order valence-electron chi connectivity index (χ3n) is 9.09. The van der Waals surface area contributed by atoms with Crippen LogP contribution in [0.4, 0.5) is 87.1 Å². The van der Waals surface area contributed by atoms with Gasteiger partial charge in [0, 0.05) is 61.8 Å². The van der Waals surface area contributed by atoms with Gasteiger partial charge in [-0.25, -0.2) is 9.97 Å². The normalized spacial score (nSPS) is 13.6. The Bertz CT molecular complexity index is 2550. The van der Waals surface area contributed by atoms with Crippen LogP contribution in [-0.2, 0) is 44.8 Å². The van der Waals surface area contributed by atoms with Crippen molar-refractivity contribution in [3.05, 3.63) is 150 Å². The molecule has 0 saturated heterocycles. The van der Waals surface area contributed by atoms with Gasteiger partial charge in [-0.1, -0.05) is 42.4 Å². The molecule has 64 heavy (non-hydrogen) atoms. The van der Waals surface area contributed by atoms with E-state index in [1.54, 1.807) is 23.5 Å². The van der Waals surface area contributed by atoms with Gasteiger partial charge in [-0.05, 0) is 19.2 Å². The molecule has 0 bridgehead atoms. The molecule has 0 unspecified atom stereocenters. The smallest absolute Gasteiger partial charge is 0.417 e. The Morgan fingerprint density at radius 1 is 0.609 bits per heavy atom. The van der Waals surface area contributed by atoms with Crippen LogP contribution in [0.5, 0.6) is 23.3 Å². The van der Waals surface area contributed by atoms with Crippen LogP contribution in [0.1, 0.15) is 33.4 Å². The van der Waals surface area contributed by atoms with E-state index in [4.69, 9.17) is 9.47 Å². The molecule has 1 radical (unpaired) electrons. The van der Waals surface area contributed by atoms with E-state index in [1.807, 2.05) is 19.9 Å². The molecule has 5 heterocycles. The van der Waals surface area contributed by atoms with Crippen molar-refractivity contribution < 1.29 is 82.3 Å². The second-order valence-corrected chi connectivity index (χ2v) is 13.6. The molecule has 3 aromatic carbocycles. The summed E-state index contributed by atoms with van der Waals surface area (Å²) >= 11 is 0. The molecule has 339 valence electrons. The summed E-state index contributed by atoms with van der Waals surface area (Å²) in [5.74, 6) is 0.563. The number of fused-ring (bicyclic) bond motifs is 2. The number of benzene rings is 3. The zero-order valence-electron chi connectivity index (χ0n) is 32.6. The summed E-state index contributed by atoms with van der Waals surface area (Å²) in [6, 6.07) is 21.5. The Labute approximate surface area is 369 Å². The van der Waals surface area contributed by atoms with Crippen molar-refractivity contribution in [3.63, 3.8) is 0 Å². The fourth-order valence-electron chi connectivity index (χ4n) is 6.08. The summed E-state index contributed by atoms with van der Waals surface area (Å²) in [4.78, 5) is 16.8. The van der Waals surface area contributed by atoms with Crippen LogP contribution in [-0.4, -0.2) is 22.0 Å². The average Bonchev–Trinajstić information content (AvgIpc) is 3.77. The number of halogens is 12. The minimum atomic E-state index is -4.53. The number of rotatable bonds is 6. The number of hydrogen-bond donors (Lipinski definition) is 1. The predicted octanol–water partition coefficient (Wildman–Crippen LogP) is 12.6. The average molecular weight is 1080 g/mol. The van der Waals surface area contributed by atoms with Crippen molar-refractivity contribution >= 4 is 34.4 Å². The van der Waals surface area contributed by atoms with Gasteiger partial charge in [0.15, 0.2) is 0 Å². The Kier molecular flexibility index (Phi) is 13.1. The molecule has 22 heteroatoms. The number of ether oxygens (including phenoxy) is 2. The van der Waals surface area contributed by atoms with E-state index in [0.717, 1.165) is 72.1 Å². The largest absolute Gasteiger partial charge is 0.513 e. The monoisotopic (exact) mass is 1080 g/mol. The second-order valence-electron chi connectivity index (χ2n) is 13.6. The fraction of sp³-hybridized carbons (Fsp3) is 0.167. The van der Waals surface area contributed by atoms with Gasteiger partial charge in [0.05, 0.1) is 16.8 Å². The maximum Gasteiger partial charge on any atom is 0.417 e. The molecule has 8 rings (SSSR count). The molecule has 6 aromatic rings. The van der Waals surface area contributed by atoms with E-state index < -0.39 is 47.0 Å². The molecule has 2 aliphatic rings. The number of alkyl halides is 12. The van der Waals surface area contributed by atoms with Crippen LogP contribution in [0, 0.1) is 45.4 Å². The molecule has 0 aliphatic carbocycles. The van der Waals surface area contributed by atoms with Gasteiger partial charge in [-0.2, -0.15) is 101 Å². The Balaban J connectivity index is 0.000000215. The zero-order chi connectivity index (χ0) is 45.6. The first-order valence-electron chi connectivity index (χ1n) is 17.9. The molecular weight excluding hydrogens is 1050 g/mol. The first-order chi connectivity index (χ1) is 29.5. The molecular formula is C42H26F12IrN7O2-5. The molecule has 0 amide bonds. The molecule has 3 aromatic heterocycles. The van der Waals surface area contributed by atoms with Crippen LogP contribution < -0.4 is 29.5 Å². The van der Waals surface area contributed by atoms with E-state index in [2.05, 4.69) is 38.5 Å². The molecule has 0 saturated carbocycles. The standard InChI is InChI=1S/C23H17F6N6.C19H9F6NO2.Ir/c1-12-4-13(2)18(35-11-33(3)19-6-15(23(27,28)29)9-31-21(19)35)7-17(12)34-10-32-16-5-14(22(24,25)26)8-30-20(16)34;20-18(21,22)12-4-8-14(9-5-12)27-16-2-1-3-17(26-16)28-15-10-6-13(7-11-15)19(23,24)25;/h4-6,8-11,32H,1-3H3;1-8,10H;/q-3;-2;. The van der Waals surface area contributed by atoms with Crippen LogP contribution in [0.3, 0.4) is 0 Å². The summed E-state index contributed by atoms with van der Waals surface area (Å²) in [5.41, 5.74) is -0.430. The van der Waals surface area contributed by atoms with Crippen LogP contribution >= 0.6 is 0 Å². The molecule has 9 nitrogen and oxygen atoms in total. The van der Waals surface area contributed by atoms with Crippen molar-refractivity contribution in [1.82, 2.24) is 15.0 Å². The van der Waals surface area contributed by atoms with Gasteiger partial charge < -0.3 is 29.5 Å². The molecule has 2 aliphatic heterocycles. The van der Waals surface area contributed by atoms with Gasteiger partial charge in [0.2, 0.25) is 11.8 Å². The minimum Gasteiger partial charge on any atom is -0.513 e. The third kappa shape index (κ3) is 10.4. The SMILES string of the molecule is Cc1cc(C)c(N2[CH-]N(C)c3cc(C(F)(F)F)cnc32)[c-]c1N1[CH-]Nc2cc(C(F)(F)F)cnc21.FC(F)(F)c1c[c-]c(Oc2cccc(Oc3[c-]cc(C(F)(F)F)cc3)n2)cc1.[Ir]. The quantitative estimate of drug-likeness (QED) is 0.130. The number of anilines is 6. The molecule has 1 N–H and O–H groups in total. The van der Waals surface area contributed by atoms with E-state index in [-0.39, 0.29) is 60.6 Å². The second kappa shape index (κ2) is 17.7. The van der Waals surface area contributed by atoms with Crippen molar-refractivity contribution in [2.75, 3.05) is 27.1 Å². The number of aromatic nitrogens is 3. The summed E-state index contributed by atoms with van der Waals surface area (Å²) in [6.07, 6.45) is -16.5. The Morgan fingerprint density at radius 2 is 1.09 bits per heavy atom. The van der Waals surface area contributed by atoms with Gasteiger partial charge in [0.25, 0.3) is 0 Å². The fourth-order valence-corrected chi connectivity index (χ4v) is 6.08. The van der Waals surface area contributed by atoms with Gasteiger partial charge in [0.1, 0.15) is 11.6 Å². The maximum absolute atomic E-state index is 13.2. The maximum atomic E-state index is 13.2. The topological polar surface area (TPSA) is 78.9 Å². The van der Waals surface area contributed by atoms with Gasteiger partial charge in [-0.15, -0.1) is 41.5 Å². The van der Waals surface area contributed by atoms with Gasteiger partial charge >= 0.3 is 24.7 Å². The van der Waals surface area contributed by atoms with Crippen LogP contribution in [0.25, 0.3) is 0 Å². The van der Waals surface area contributed by atoms with Crippen molar-refractivity contribution in [1.29, 1.82) is 0 Å². The van der Waals surface area contributed by atoms with Crippen molar-refractivity contribution in [2.24, 2.45) is 0 Å². The number of hydrogen-bond acceptors (Lipinski definition) is 9. The number of nitrogens with zero attached hydrogens (tertiary/aromatic N) is 6. The van der Waals surface area contributed by atoms with Crippen LogP contribution in [0.15, 0.2) is 85.2 Å². The third-order valence-corrected chi connectivity index (χ3v) is 9.09. The van der Waals surface area contributed by atoms with Crippen molar-refractivity contribution in [2.45, 2.75) is 38.6 Å². The van der Waals surface area contributed by atoms with Gasteiger partial charge in [-0.3, -0.25) is 0 Å². The molecule has 0 spiro atoms. The number of pyridine rings is 3. The Hall–Kier alpha value is -6.28. The first-order valence-corrected chi connectivity index (χ1v) is 17.9.